The zero-order valence-corrected chi connectivity index (χ0v) is 15.4. The summed E-state index contributed by atoms with van der Waals surface area (Å²) in [6.07, 6.45) is 2.65. The molecule has 27 heavy (non-hydrogen) atoms. The number of nitrogens with one attached hydrogen (secondary N) is 1. The second-order valence-electron chi connectivity index (χ2n) is 8.00. The van der Waals surface area contributed by atoms with Crippen LogP contribution in [-0.4, -0.2) is 50.7 Å². The van der Waals surface area contributed by atoms with Crippen molar-refractivity contribution in [3.63, 3.8) is 0 Å². The lowest BCUT2D eigenvalue weighted by Crippen LogP contribution is -2.62. The van der Waals surface area contributed by atoms with Crippen molar-refractivity contribution >= 4 is 22.8 Å². The van der Waals surface area contributed by atoms with E-state index in [9.17, 15) is 19.2 Å². The molecule has 1 saturated heterocycles. The second kappa shape index (κ2) is 5.78. The number of H-pyrrole nitrogens is 1. The average molecular weight is 369 g/mol. The molecule has 0 aliphatic carbocycles. The molecule has 2 aliphatic heterocycles. The SMILES string of the molecule is CC(C)[C@H](C(=O)N1CC(C)(C#N)C1)N1Cc2c(F)cnc3[nH]cc(c23)C1=O. The molecule has 0 aromatic carbocycles. The lowest BCUT2D eigenvalue weighted by atomic mass is 9.82. The molecule has 1 atom stereocenters. The molecule has 0 spiro atoms. The summed E-state index contributed by atoms with van der Waals surface area (Å²) < 4.78 is 14.4. The van der Waals surface area contributed by atoms with Crippen LogP contribution in [0.3, 0.4) is 0 Å². The Bertz CT molecular complexity index is 999. The molecule has 2 amide bonds. The minimum absolute atomic E-state index is 0.0203. The van der Waals surface area contributed by atoms with E-state index in [0.717, 1.165) is 6.20 Å². The largest absolute Gasteiger partial charge is 0.345 e. The zero-order valence-electron chi connectivity index (χ0n) is 15.4. The number of pyridine rings is 1. The third kappa shape index (κ3) is 2.49. The minimum Gasteiger partial charge on any atom is -0.345 e. The molecule has 0 bridgehead atoms. The van der Waals surface area contributed by atoms with Gasteiger partial charge in [-0.1, -0.05) is 13.8 Å². The van der Waals surface area contributed by atoms with Crippen LogP contribution in [0.15, 0.2) is 12.4 Å². The fraction of sp³-hybridized carbons (Fsp3) is 0.474. The van der Waals surface area contributed by atoms with Crippen molar-refractivity contribution in [1.82, 2.24) is 19.8 Å². The molecule has 2 aliphatic rings. The Morgan fingerprint density at radius 3 is 2.78 bits per heavy atom. The highest BCUT2D eigenvalue weighted by atomic mass is 19.1. The number of carbonyl (C=O) groups is 2. The third-order valence-corrected chi connectivity index (χ3v) is 5.46. The molecular formula is C19H20FN5O2. The van der Waals surface area contributed by atoms with Gasteiger partial charge in [0.25, 0.3) is 5.91 Å². The van der Waals surface area contributed by atoms with Crippen LogP contribution in [0.1, 0.15) is 36.7 Å². The summed E-state index contributed by atoms with van der Waals surface area (Å²) in [5.41, 5.74) is 0.636. The van der Waals surface area contributed by atoms with Gasteiger partial charge < -0.3 is 14.8 Å². The van der Waals surface area contributed by atoms with E-state index in [2.05, 4.69) is 16.0 Å². The Labute approximate surface area is 155 Å². The summed E-state index contributed by atoms with van der Waals surface area (Å²) in [4.78, 5) is 36.1. The smallest absolute Gasteiger partial charge is 0.257 e. The molecule has 8 heteroatoms. The first-order valence-electron chi connectivity index (χ1n) is 8.91. The van der Waals surface area contributed by atoms with Gasteiger partial charge in [-0.25, -0.2) is 9.37 Å². The van der Waals surface area contributed by atoms with Gasteiger partial charge >= 0.3 is 0 Å². The van der Waals surface area contributed by atoms with Crippen molar-refractivity contribution in [1.29, 1.82) is 5.26 Å². The van der Waals surface area contributed by atoms with Crippen LogP contribution in [0.25, 0.3) is 11.0 Å². The number of nitrogens with zero attached hydrogens (tertiary/aromatic N) is 4. The summed E-state index contributed by atoms with van der Waals surface area (Å²) in [7, 11) is 0. The number of hydrogen-bond acceptors (Lipinski definition) is 4. The van der Waals surface area contributed by atoms with Crippen molar-refractivity contribution in [2.24, 2.45) is 11.3 Å². The number of nitriles is 1. The van der Waals surface area contributed by atoms with Crippen molar-refractivity contribution in [2.75, 3.05) is 13.1 Å². The maximum atomic E-state index is 14.4. The molecule has 0 saturated carbocycles. The van der Waals surface area contributed by atoms with Gasteiger partial charge in [0.2, 0.25) is 5.91 Å². The number of likely N-dealkylation sites (tertiary alicyclic amines) is 1. The molecule has 2 aromatic heterocycles. The van der Waals surface area contributed by atoms with E-state index in [0.29, 0.717) is 35.2 Å². The maximum absolute atomic E-state index is 14.4. The van der Waals surface area contributed by atoms with Gasteiger partial charge in [-0.05, 0) is 12.8 Å². The van der Waals surface area contributed by atoms with E-state index in [1.54, 1.807) is 4.90 Å². The fourth-order valence-electron chi connectivity index (χ4n) is 4.07. The van der Waals surface area contributed by atoms with Crippen molar-refractivity contribution < 1.29 is 14.0 Å². The van der Waals surface area contributed by atoms with Gasteiger partial charge in [0.15, 0.2) is 0 Å². The van der Waals surface area contributed by atoms with Gasteiger partial charge in [-0.15, -0.1) is 0 Å². The molecule has 1 N–H and O–H groups in total. The van der Waals surface area contributed by atoms with E-state index in [1.165, 1.54) is 11.1 Å². The number of hydrogen-bond donors (Lipinski definition) is 1. The summed E-state index contributed by atoms with van der Waals surface area (Å²) >= 11 is 0. The van der Waals surface area contributed by atoms with Gasteiger partial charge in [0.05, 0.1) is 29.8 Å². The van der Waals surface area contributed by atoms with Gasteiger partial charge in [0.1, 0.15) is 17.5 Å². The number of halogens is 1. The molecule has 0 unspecified atom stereocenters. The fourth-order valence-corrected chi connectivity index (χ4v) is 4.07. The van der Waals surface area contributed by atoms with E-state index in [4.69, 9.17) is 0 Å². The average Bonchev–Trinajstić information content (AvgIpc) is 3.03. The summed E-state index contributed by atoms with van der Waals surface area (Å²) in [5.74, 6) is -1.15. The molecular weight excluding hydrogens is 349 g/mol. The quantitative estimate of drug-likeness (QED) is 0.896. The first-order chi connectivity index (χ1) is 12.8. The van der Waals surface area contributed by atoms with Crippen LogP contribution in [0.5, 0.6) is 0 Å². The van der Waals surface area contributed by atoms with Crippen molar-refractivity contribution in [3.8, 4) is 6.07 Å². The molecule has 140 valence electrons. The number of carbonyl (C=O) groups excluding carboxylic acids is 2. The van der Waals surface area contributed by atoms with Gasteiger partial charge in [0, 0.05) is 30.2 Å². The molecule has 1 fully saturated rings. The topological polar surface area (TPSA) is 93.1 Å². The molecule has 4 heterocycles. The third-order valence-electron chi connectivity index (χ3n) is 5.46. The summed E-state index contributed by atoms with van der Waals surface area (Å²) in [6, 6.07) is 1.50. The van der Waals surface area contributed by atoms with Gasteiger partial charge in [-0.2, -0.15) is 5.26 Å². The Balaban J connectivity index is 1.69. The molecule has 2 aromatic rings. The molecule has 0 radical (unpaired) electrons. The normalized spacial score (nSPS) is 19.2. The minimum atomic E-state index is -0.716. The van der Waals surface area contributed by atoms with Gasteiger partial charge in [-0.3, -0.25) is 9.59 Å². The van der Waals surface area contributed by atoms with E-state index >= 15 is 0 Å². The second-order valence-corrected chi connectivity index (χ2v) is 8.00. The standard InChI is InChI=1S/C19H20FN5O2/c1-10(2)15(18(27)24-8-19(3,7-21)9-24)25-6-12-13(20)5-23-16-14(12)11(4-22-16)17(25)26/h4-5,10,15H,6,8-9H2,1-3H3,(H,22,23)/t15-/m1/s1. The van der Waals surface area contributed by atoms with E-state index < -0.39 is 17.3 Å². The van der Waals surface area contributed by atoms with E-state index in [1.807, 2.05) is 20.8 Å². The van der Waals surface area contributed by atoms with Crippen LogP contribution in [0, 0.1) is 28.5 Å². The first kappa shape index (κ1) is 17.5. The predicted molar refractivity (Wildman–Crippen MR) is 94.9 cm³/mol. The van der Waals surface area contributed by atoms with Crippen LogP contribution in [0.2, 0.25) is 0 Å². The highest BCUT2D eigenvalue weighted by Gasteiger charge is 2.47. The summed E-state index contributed by atoms with van der Waals surface area (Å²) in [6.45, 7) is 6.25. The number of aromatic amines is 1. The zero-order chi connectivity index (χ0) is 19.5. The van der Waals surface area contributed by atoms with Crippen LogP contribution >= 0.6 is 0 Å². The highest BCUT2D eigenvalue weighted by molar-refractivity contribution is 6.10. The van der Waals surface area contributed by atoms with Crippen molar-refractivity contribution in [3.05, 3.63) is 29.3 Å². The lowest BCUT2D eigenvalue weighted by Gasteiger charge is -2.47. The van der Waals surface area contributed by atoms with E-state index in [-0.39, 0.29) is 24.3 Å². The number of rotatable bonds is 3. The highest BCUT2D eigenvalue weighted by Crippen LogP contribution is 2.35. The summed E-state index contributed by atoms with van der Waals surface area (Å²) in [5, 5.41) is 9.67. The Hall–Kier alpha value is -2.95. The monoisotopic (exact) mass is 369 g/mol. The maximum Gasteiger partial charge on any atom is 0.257 e. The van der Waals surface area contributed by atoms with Crippen LogP contribution in [-0.2, 0) is 11.3 Å². The first-order valence-corrected chi connectivity index (χ1v) is 8.91. The predicted octanol–water partition coefficient (Wildman–Crippen LogP) is 2.05. The Kier molecular flexibility index (Phi) is 3.74. The lowest BCUT2D eigenvalue weighted by molar-refractivity contribution is -0.146. The molecule has 4 rings (SSSR count). The molecule has 7 nitrogen and oxygen atoms in total. The van der Waals surface area contributed by atoms with Crippen molar-refractivity contribution in [2.45, 2.75) is 33.4 Å². The van der Waals surface area contributed by atoms with Crippen LogP contribution in [0.4, 0.5) is 4.39 Å². The van der Waals surface area contributed by atoms with Crippen LogP contribution < -0.4 is 0 Å². The number of amides is 2. The Morgan fingerprint density at radius 2 is 2.15 bits per heavy atom. The number of aromatic nitrogens is 2. The Morgan fingerprint density at radius 1 is 1.44 bits per heavy atom.